The van der Waals surface area contributed by atoms with Gasteiger partial charge >= 0.3 is 0 Å². The van der Waals surface area contributed by atoms with Crippen molar-refractivity contribution in [3.63, 3.8) is 0 Å². The monoisotopic (exact) mass is 475 g/mol. The van der Waals surface area contributed by atoms with E-state index in [2.05, 4.69) is 21.0 Å². The van der Waals surface area contributed by atoms with Gasteiger partial charge in [-0.2, -0.15) is 21.9 Å². The molecule has 148 valence electrons. The molecule has 1 aliphatic heterocycles. The van der Waals surface area contributed by atoms with Crippen molar-refractivity contribution in [2.24, 2.45) is 5.92 Å². The first-order valence-corrected chi connectivity index (χ1v) is 12.3. The summed E-state index contributed by atoms with van der Waals surface area (Å²) < 4.78 is 55.3. The van der Waals surface area contributed by atoms with Gasteiger partial charge < -0.3 is 0 Å². The standard InChI is InChI=1S/C17H22BrN3O4S2/c1-12-5-4-10-20(11-12)27(24,25)17-13(2)19-21(14(17)3)26(22,23)16-8-6-15(18)7-9-16/h6-9,12H,4-5,10-11H2,1-3H3/t12-/m1/s1. The van der Waals surface area contributed by atoms with Crippen LogP contribution < -0.4 is 0 Å². The van der Waals surface area contributed by atoms with E-state index in [1.807, 2.05) is 6.92 Å². The van der Waals surface area contributed by atoms with E-state index < -0.39 is 20.0 Å². The minimum Gasteiger partial charge on any atom is -0.207 e. The van der Waals surface area contributed by atoms with Crippen molar-refractivity contribution in [1.82, 2.24) is 13.5 Å². The molecule has 1 aromatic heterocycles. The Hall–Kier alpha value is -1.23. The molecule has 0 aliphatic carbocycles. The zero-order valence-electron chi connectivity index (χ0n) is 15.4. The van der Waals surface area contributed by atoms with Crippen molar-refractivity contribution in [3.05, 3.63) is 40.1 Å². The van der Waals surface area contributed by atoms with Crippen LogP contribution in [0.15, 0.2) is 38.5 Å². The maximum Gasteiger partial charge on any atom is 0.283 e. The zero-order valence-corrected chi connectivity index (χ0v) is 18.6. The maximum atomic E-state index is 13.2. The molecule has 10 heteroatoms. The summed E-state index contributed by atoms with van der Waals surface area (Å²) in [6.45, 7) is 5.91. The quantitative estimate of drug-likeness (QED) is 0.677. The Morgan fingerprint density at radius 1 is 1.07 bits per heavy atom. The number of hydrogen-bond donors (Lipinski definition) is 0. The van der Waals surface area contributed by atoms with Crippen LogP contribution in [0.3, 0.4) is 0 Å². The van der Waals surface area contributed by atoms with Crippen LogP contribution in [-0.4, -0.2) is 43.4 Å². The lowest BCUT2D eigenvalue weighted by Gasteiger charge is -2.30. The van der Waals surface area contributed by atoms with E-state index in [9.17, 15) is 16.8 Å². The van der Waals surface area contributed by atoms with E-state index in [0.717, 1.165) is 21.4 Å². The Morgan fingerprint density at radius 3 is 2.30 bits per heavy atom. The van der Waals surface area contributed by atoms with Gasteiger partial charge in [-0.25, -0.2) is 8.42 Å². The first-order valence-electron chi connectivity index (χ1n) is 8.62. The predicted molar refractivity (Wildman–Crippen MR) is 106 cm³/mol. The van der Waals surface area contributed by atoms with Gasteiger partial charge in [0, 0.05) is 17.6 Å². The van der Waals surface area contributed by atoms with E-state index in [0.29, 0.717) is 13.1 Å². The highest BCUT2D eigenvalue weighted by Gasteiger charge is 2.35. The fourth-order valence-electron chi connectivity index (χ4n) is 3.41. The number of benzene rings is 1. The SMILES string of the molecule is Cc1nn(S(=O)(=O)c2ccc(Br)cc2)c(C)c1S(=O)(=O)N1CCC[C@@H](C)C1. The summed E-state index contributed by atoms with van der Waals surface area (Å²) in [4.78, 5) is 0.0316. The van der Waals surface area contributed by atoms with Crippen molar-refractivity contribution < 1.29 is 16.8 Å². The van der Waals surface area contributed by atoms with Crippen LogP contribution in [0.4, 0.5) is 0 Å². The van der Waals surface area contributed by atoms with Gasteiger partial charge in [0.2, 0.25) is 10.0 Å². The van der Waals surface area contributed by atoms with Crippen LogP contribution in [0, 0.1) is 19.8 Å². The molecule has 0 amide bonds. The molecule has 2 aromatic rings. The lowest BCUT2D eigenvalue weighted by Crippen LogP contribution is -2.39. The molecule has 1 aliphatic rings. The van der Waals surface area contributed by atoms with Gasteiger partial charge in [0.25, 0.3) is 10.0 Å². The normalized spacial score (nSPS) is 19.3. The third-order valence-electron chi connectivity index (χ3n) is 4.74. The lowest BCUT2D eigenvalue weighted by atomic mass is 10.0. The van der Waals surface area contributed by atoms with Crippen molar-refractivity contribution in [2.45, 2.75) is 43.4 Å². The summed E-state index contributed by atoms with van der Waals surface area (Å²) in [5.74, 6) is 0.274. The first-order chi connectivity index (χ1) is 12.5. The second-order valence-electron chi connectivity index (χ2n) is 6.91. The topological polar surface area (TPSA) is 89.3 Å². The third-order valence-corrected chi connectivity index (χ3v) is 9.07. The molecule has 0 bridgehead atoms. The molecule has 1 aromatic carbocycles. The van der Waals surface area contributed by atoms with Gasteiger partial charge in [-0.05, 0) is 56.9 Å². The number of halogens is 1. The van der Waals surface area contributed by atoms with Crippen molar-refractivity contribution in [3.8, 4) is 0 Å². The Morgan fingerprint density at radius 2 is 1.70 bits per heavy atom. The van der Waals surface area contributed by atoms with E-state index >= 15 is 0 Å². The summed E-state index contributed by atoms with van der Waals surface area (Å²) in [7, 11) is -7.79. The maximum absolute atomic E-state index is 13.2. The summed E-state index contributed by atoms with van der Waals surface area (Å²) in [5, 5.41) is 4.07. The molecule has 0 radical (unpaired) electrons. The summed E-state index contributed by atoms with van der Waals surface area (Å²) in [6.07, 6.45) is 1.78. The predicted octanol–water partition coefficient (Wildman–Crippen LogP) is 2.92. The van der Waals surface area contributed by atoms with Gasteiger partial charge in [0.1, 0.15) is 4.90 Å². The second-order valence-corrected chi connectivity index (χ2v) is 11.5. The average molecular weight is 476 g/mol. The van der Waals surface area contributed by atoms with Crippen molar-refractivity contribution in [2.75, 3.05) is 13.1 Å². The molecule has 0 saturated carbocycles. The van der Waals surface area contributed by atoms with Crippen LogP contribution in [0.2, 0.25) is 0 Å². The molecule has 27 heavy (non-hydrogen) atoms. The number of hydrogen-bond acceptors (Lipinski definition) is 5. The number of rotatable bonds is 4. The summed E-state index contributed by atoms with van der Waals surface area (Å²) in [6, 6.07) is 6.14. The van der Waals surface area contributed by atoms with Crippen molar-refractivity contribution in [1.29, 1.82) is 0 Å². The van der Waals surface area contributed by atoms with Crippen LogP contribution >= 0.6 is 15.9 Å². The molecular formula is C17H22BrN3O4S2. The van der Waals surface area contributed by atoms with Crippen LogP contribution in [0.5, 0.6) is 0 Å². The smallest absolute Gasteiger partial charge is 0.207 e. The highest BCUT2D eigenvalue weighted by atomic mass is 79.9. The number of aryl methyl sites for hydroxylation is 1. The molecule has 1 saturated heterocycles. The third kappa shape index (κ3) is 3.72. The minimum atomic E-state index is -3.99. The molecule has 0 N–H and O–H groups in total. The zero-order chi connectivity index (χ0) is 20.0. The molecule has 7 nitrogen and oxygen atoms in total. The number of piperidine rings is 1. The van der Waals surface area contributed by atoms with Crippen LogP contribution in [-0.2, 0) is 20.0 Å². The molecule has 1 atom stereocenters. The summed E-state index contributed by atoms with van der Waals surface area (Å²) >= 11 is 3.27. The van der Waals surface area contributed by atoms with Crippen LogP contribution in [0.25, 0.3) is 0 Å². The molecule has 3 rings (SSSR count). The number of aromatic nitrogens is 2. The number of nitrogens with zero attached hydrogens (tertiary/aromatic N) is 3. The molecule has 0 spiro atoms. The van der Waals surface area contributed by atoms with Crippen molar-refractivity contribution >= 4 is 36.0 Å². The molecule has 1 fully saturated rings. The Kier molecular flexibility index (Phi) is 5.55. The first kappa shape index (κ1) is 20.5. The number of sulfonamides is 1. The fraction of sp³-hybridized carbons (Fsp3) is 0.471. The highest BCUT2D eigenvalue weighted by Crippen LogP contribution is 2.29. The lowest BCUT2D eigenvalue weighted by molar-refractivity contribution is 0.281. The Bertz CT molecular complexity index is 1060. The second kappa shape index (κ2) is 7.31. The molecular weight excluding hydrogens is 454 g/mol. The molecule has 0 unspecified atom stereocenters. The largest absolute Gasteiger partial charge is 0.283 e. The molecule has 2 heterocycles. The van der Waals surface area contributed by atoms with E-state index in [1.54, 1.807) is 12.1 Å². The average Bonchev–Trinajstić information content (AvgIpc) is 2.91. The van der Waals surface area contributed by atoms with Crippen LogP contribution in [0.1, 0.15) is 31.2 Å². The van der Waals surface area contributed by atoms with E-state index in [-0.39, 0.29) is 27.1 Å². The summed E-state index contributed by atoms with van der Waals surface area (Å²) in [5.41, 5.74) is 0.292. The highest BCUT2D eigenvalue weighted by molar-refractivity contribution is 9.10. The van der Waals surface area contributed by atoms with Gasteiger partial charge in [0.05, 0.1) is 16.3 Å². The van der Waals surface area contributed by atoms with Gasteiger partial charge in [-0.1, -0.05) is 22.9 Å². The van der Waals surface area contributed by atoms with E-state index in [1.165, 1.54) is 30.3 Å². The van der Waals surface area contributed by atoms with E-state index in [4.69, 9.17) is 0 Å². The fourth-order valence-corrected chi connectivity index (χ4v) is 7.05. The Balaban J connectivity index is 2.08. The minimum absolute atomic E-state index is 0.0164. The van der Waals surface area contributed by atoms with Gasteiger partial charge in [0.15, 0.2) is 0 Å². The van der Waals surface area contributed by atoms with Gasteiger partial charge in [-0.15, -0.1) is 0 Å². The Labute approximate surface area is 168 Å². The van der Waals surface area contributed by atoms with Gasteiger partial charge in [-0.3, -0.25) is 0 Å².